The van der Waals surface area contributed by atoms with Crippen molar-refractivity contribution in [1.82, 2.24) is 5.43 Å². The molecule has 1 aliphatic rings. The maximum atomic E-state index is 12.5. The van der Waals surface area contributed by atoms with Crippen LogP contribution in [0.1, 0.15) is 24.5 Å². The monoisotopic (exact) mass is 425 g/mol. The van der Waals surface area contributed by atoms with Crippen LogP contribution in [0.2, 0.25) is 0 Å². The van der Waals surface area contributed by atoms with Crippen molar-refractivity contribution in [2.75, 3.05) is 32.8 Å². The zero-order valence-corrected chi connectivity index (χ0v) is 18.2. The van der Waals surface area contributed by atoms with Crippen molar-refractivity contribution in [3.05, 3.63) is 47.5 Å². The van der Waals surface area contributed by atoms with E-state index in [0.717, 1.165) is 12.1 Å². The van der Waals surface area contributed by atoms with Gasteiger partial charge in [0.05, 0.1) is 33.5 Å². The molecule has 0 aromatic heterocycles. The number of carbonyl (C=O) groups excluding carboxylic acids is 2. The number of hydrazone groups is 1. The zero-order valence-electron chi connectivity index (χ0n) is 18.2. The molecule has 31 heavy (non-hydrogen) atoms. The van der Waals surface area contributed by atoms with E-state index in [1.165, 1.54) is 33.1 Å². The van der Waals surface area contributed by atoms with Crippen LogP contribution < -0.4 is 24.5 Å². The Morgan fingerprint density at radius 2 is 1.77 bits per heavy atom. The molecule has 164 valence electrons. The Balaban J connectivity index is 1.64. The van der Waals surface area contributed by atoms with Crippen molar-refractivity contribution in [2.45, 2.75) is 19.8 Å². The van der Waals surface area contributed by atoms with Gasteiger partial charge in [-0.3, -0.25) is 9.59 Å². The predicted octanol–water partition coefficient (Wildman–Crippen LogP) is 2.78. The molecule has 0 bridgehead atoms. The fraction of sp³-hybridized carbons (Fsp3) is 0.348. The van der Waals surface area contributed by atoms with E-state index in [2.05, 4.69) is 17.5 Å². The molecule has 0 radical (unpaired) electrons. The summed E-state index contributed by atoms with van der Waals surface area (Å²) in [4.78, 5) is 26.6. The third-order valence-electron chi connectivity index (χ3n) is 5.23. The van der Waals surface area contributed by atoms with Crippen molar-refractivity contribution >= 4 is 23.7 Å². The summed E-state index contributed by atoms with van der Waals surface area (Å²) in [6.45, 7) is 2.41. The van der Waals surface area contributed by atoms with Crippen LogP contribution in [-0.2, 0) is 16.0 Å². The van der Waals surface area contributed by atoms with Gasteiger partial charge in [0.2, 0.25) is 17.6 Å². The molecule has 1 heterocycles. The van der Waals surface area contributed by atoms with E-state index >= 15 is 0 Å². The van der Waals surface area contributed by atoms with Gasteiger partial charge < -0.3 is 19.1 Å². The van der Waals surface area contributed by atoms with E-state index in [1.54, 1.807) is 17.0 Å². The van der Waals surface area contributed by atoms with Gasteiger partial charge in [-0.15, -0.1) is 0 Å². The first kappa shape index (κ1) is 22.1. The molecule has 0 spiro atoms. The number of methoxy groups -OCH3 is 3. The normalized spacial score (nSPS) is 15.9. The van der Waals surface area contributed by atoms with Gasteiger partial charge in [-0.1, -0.05) is 19.1 Å². The minimum Gasteiger partial charge on any atom is -0.493 e. The molecule has 1 fully saturated rings. The smallest absolute Gasteiger partial charge is 0.245 e. The van der Waals surface area contributed by atoms with Crippen molar-refractivity contribution < 1.29 is 23.8 Å². The Morgan fingerprint density at radius 3 is 2.32 bits per heavy atom. The molecular weight excluding hydrogens is 398 g/mol. The second kappa shape index (κ2) is 9.97. The number of hydrogen-bond donors (Lipinski definition) is 1. The predicted molar refractivity (Wildman–Crippen MR) is 118 cm³/mol. The van der Waals surface area contributed by atoms with Crippen LogP contribution in [-0.4, -0.2) is 45.9 Å². The summed E-state index contributed by atoms with van der Waals surface area (Å²) in [5.74, 6) is 0.613. The summed E-state index contributed by atoms with van der Waals surface area (Å²) in [7, 11) is 4.58. The number of rotatable bonds is 8. The van der Waals surface area contributed by atoms with Gasteiger partial charge in [0.1, 0.15) is 0 Å². The first-order chi connectivity index (χ1) is 15.0. The van der Waals surface area contributed by atoms with Gasteiger partial charge in [0, 0.05) is 24.2 Å². The largest absolute Gasteiger partial charge is 0.493 e. The third kappa shape index (κ3) is 4.96. The number of hydrogen-bond acceptors (Lipinski definition) is 6. The van der Waals surface area contributed by atoms with E-state index in [9.17, 15) is 9.59 Å². The highest BCUT2D eigenvalue weighted by Crippen LogP contribution is 2.37. The molecule has 2 amide bonds. The van der Waals surface area contributed by atoms with Crippen molar-refractivity contribution in [2.24, 2.45) is 11.0 Å². The average molecular weight is 425 g/mol. The Hall–Kier alpha value is -3.55. The van der Waals surface area contributed by atoms with Crippen LogP contribution in [0.4, 0.5) is 5.69 Å². The first-order valence-corrected chi connectivity index (χ1v) is 10.0. The molecule has 8 nitrogen and oxygen atoms in total. The van der Waals surface area contributed by atoms with Crippen molar-refractivity contribution in [1.29, 1.82) is 0 Å². The Bertz CT molecular complexity index is 947. The first-order valence-electron chi connectivity index (χ1n) is 10.0. The molecule has 2 aromatic rings. The van der Waals surface area contributed by atoms with Crippen LogP contribution in [0.3, 0.4) is 0 Å². The molecule has 2 aromatic carbocycles. The summed E-state index contributed by atoms with van der Waals surface area (Å²) in [6.07, 6.45) is 2.57. The Kier molecular flexibility index (Phi) is 7.12. The molecule has 1 aliphatic heterocycles. The summed E-state index contributed by atoms with van der Waals surface area (Å²) in [6, 6.07) is 11.3. The molecule has 3 rings (SSSR count). The summed E-state index contributed by atoms with van der Waals surface area (Å²) in [5, 5.41) is 4.03. The Morgan fingerprint density at radius 1 is 1.13 bits per heavy atom. The van der Waals surface area contributed by atoms with Crippen molar-refractivity contribution in [3.63, 3.8) is 0 Å². The summed E-state index contributed by atoms with van der Waals surface area (Å²) >= 11 is 0. The van der Waals surface area contributed by atoms with E-state index in [0.29, 0.717) is 29.4 Å². The lowest BCUT2D eigenvalue weighted by Crippen LogP contribution is -2.30. The van der Waals surface area contributed by atoms with Crippen LogP contribution >= 0.6 is 0 Å². The molecule has 1 saturated heterocycles. The highest BCUT2D eigenvalue weighted by atomic mass is 16.5. The van der Waals surface area contributed by atoms with Gasteiger partial charge in [0.25, 0.3) is 0 Å². The van der Waals surface area contributed by atoms with Crippen LogP contribution in [0.25, 0.3) is 0 Å². The number of aryl methyl sites for hydroxylation is 1. The molecule has 0 aliphatic carbocycles. The minimum absolute atomic E-state index is 0.0713. The number of ether oxygens (including phenoxy) is 3. The third-order valence-corrected chi connectivity index (χ3v) is 5.23. The van der Waals surface area contributed by atoms with Gasteiger partial charge in [-0.05, 0) is 36.2 Å². The highest BCUT2D eigenvalue weighted by molar-refractivity contribution is 6.00. The highest BCUT2D eigenvalue weighted by Gasteiger charge is 2.35. The van der Waals surface area contributed by atoms with Crippen molar-refractivity contribution in [3.8, 4) is 17.2 Å². The fourth-order valence-corrected chi connectivity index (χ4v) is 3.48. The van der Waals surface area contributed by atoms with E-state index < -0.39 is 5.92 Å². The minimum atomic E-state index is -0.463. The number of carbonyl (C=O) groups is 2. The quantitative estimate of drug-likeness (QED) is 0.519. The molecule has 1 N–H and O–H groups in total. The lowest BCUT2D eigenvalue weighted by Gasteiger charge is -2.16. The maximum absolute atomic E-state index is 12.5. The molecular formula is C23H27N3O5. The van der Waals surface area contributed by atoms with Gasteiger partial charge >= 0.3 is 0 Å². The van der Waals surface area contributed by atoms with Crippen LogP contribution in [0.5, 0.6) is 17.2 Å². The number of benzene rings is 2. The second-order valence-electron chi connectivity index (χ2n) is 7.12. The maximum Gasteiger partial charge on any atom is 0.245 e. The van der Waals surface area contributed by atoms with Gasteiger partial charge in [0.15, 0.2) is 11.5 Å². The molecule has 0 saturated carbocycles. The SMILES string of the molecule is CCc1ccc(N2C[C@H](C(=O)N/N=C/c3cc(OC)c(OC)c(OC)c3)CC2=O)cc1. The fourth-order valence-electron chi connectivity index (χ4n) is 3.48. The van der Waals surface area contributed by atoms with E-state index in [1.807, 2.05) is 24.3 Å². The number of anilines is 1. The topological polar surface area (TPSA) is 89.5 Å². The Labute approximate surface area is 181 Å². The lowest BCUT2D eigenvalue weighted by molar-refractivity contribution is -0.126. The second-order valence-corrected chi connectivity index (χ2v) is 7.12. The number of nitrogens with one attached hydrogen (secondary N) is 1. The lowest BCUT2D eigenvalue weighted by atomic mass is 10.1. The van der Waals surface area contributed by atoms with Crippen LogP contribution in [0, 0.1) is 5.92 Å². The van der Waals surface area contributed by atoms with E-state index in [-0.39, 0.29) is 18.2 Å². The average Bonchev–Trinajstić information content (AvgIpc) is 3.19. The zero-order chi connectivity index (χ0) is 22.4. The van der Waals surface area contributed by atoms with E-state index in [4.69, 9.17) is 14.2 Å². The number of nitrogens with zero attached hydrogens (tertiary/aromatic N) is 2. The molecule has 1 atom stereocenters. The number of amides is 2. The molecule has 0 unspecified atom stereocenters. The standard InChI is InChI=1S/C23H27N3O5/c1-5-15-6-8-18(9-7-15)26-14-17(12-21(26)27)23(28)25-24-13-16-10-19(29-2)22(31-4)20(11-16)30-3/h6-11,13,17H,5,12,14H2,1-4H3,(H,25,28)/b24-13+/t17-/m1/s1. The molecule has 8 heteroatoms. The summed E-state index contributed by atoms with van der Waals surface area (Å²) in [5.41, 5.74) is 5.19. The van der Waals surface area contributed by atoms with Gasteiger partial charge in [-0.25, -0.2) is 5.43 Å². The summed E-state index contributed by atoms with van der Waals surface area (Å²) < 4.78 is 15.9. The van der Waals surface area contributed by atoms with Crippen LogP contribution in [0.15, 0.2) is 41.5 Å². The van der Waals surface area contributed by atoms with Gasteiger partial charge in [-0.2, -0.15) is 5.10 Å².